The van der Waals surface area contributed by atoms with Gasteiger partial charge in [-0.05, 0) is 36.2 Å². The molecule has 3 aromatic rings. The number of aromatic nitrogens is 1. The van der Waals surface area contributed by atoms with Crippen LogP contribution in [0.5, 0.6) is 5.75 Å². The monoisotopic (exact) mass is 425 g/mol. The van der Waals surface area contributed by atoms with Crippen molar-refractivity contribution in [2.75, 3.05) is 12.4 Å². The molecule has 2 aromatic carbocycles. The molecule has 3 rings (SSSR count). The van der Waals surface area contributed by atoms with Gasteiger partial charge in [0.15, 0.2) is 4.34 Å². The molecule has 0 aliphatic carbocycles. The highest BCUT2D eigenvalue weighted by Crippen LogP contribution is 2.27. The van der Waals surface area contributed by atoms with Gasteiger partial charge >= 0.3 is 0 Å². The third kappa shape index (κ3) is 7.03. The fourth-order valence-electron chi connectivity index (χ4n) is 2.39. The molecule has 0 aliphatic rings. The van der Waals surface area contributed by atoms with Crippen LogP contribution in [-0.2, 0) is 4.79 Å². The first kappa shape index (κ1) is 21.1. The molecule has 5 nitrogen and oxygen atoms in total. The lowest BCUT2D eigenvalue weighted by Crippen LogP contribution is -2.19. The number of benzene rings is 2. The topological polar surface area (TPSA) is 63.6 Å². The summed E-state index contributed by atoms with van der Waals surface area (Å²) in [5.74, 6) is 0.945. The first-order valence-electron chi connectivity index (χ1n) is 9.43. The van der Waals surface area contributed by atoms with Gasteiger partial charge in [-0.15, -0.1) is 11.3 Å². The van der Waals surface area contributed by atoms with Gasteiger partial charge in [-0.3, -0.25) is 4.79 Å². The highest BCUT2D eigenvalue weighted by atomic mass is 32.2. The number of amides is 1. The Balaban J connectivity index is 1.41. The summed E-state index contributed by atoms with van der Waals surface area (Å²) >= 11 is 2.94. The molecule has 0 spiro atoms. The van der Waals surface area contributed by atoms with Crippen LogP contribution in [0, 0.1) is 0 Å². The van der Waals surface area contributed by atoms with Gasteiger partial charge in [0.05, 0.1) is 24.3 Å². The number of carbonyl (C=O) groups is 1. The van der Waals surface area contributed by atoms with Gasteiger partial charge in [-0.1, -0.05) is 55.4 Å². The number of hydrogen-bond donors (Lipinski definition) is 1. The number of hydrogen-bond acceptors (Lipinski definition) is 6. The average Bonchev–Trinajstić information content (AvgIpc) is 3.23. The molecule has 0 saturated carbocycles. The summed E-state index contributed by atoms with van der Waals surface area (Å²) in [4.78, 5) is 16.6. The van der Waals surface area contributed by atoms with Crippen molar-refractivity contribution >= 4 is 35.2 Å². The van der Waals surface area contributed by atoms with E-state index in [1.807, 2.05) is 60.0 Å². The van der Waals surface area contributed by atoms with E-state index in [0.717, 1.165) is 46.4 Å². The number of thiazole rings is 1. The molecule has 1 aromatic heterocycles. The van der Waals surface area contributed by atoms with Gasteiger partial charge in [-0.25, -0.2) is 10.4 Å². The van der Waals surface area contributed by atoms with Gasteiger partial charge in [0.2, 0.25) is 0 Å². The first-order valence-corrected chi connectivity index (χ1v) is 11.3. The maximum absolute atomic E-state index is 12.0. The third-order valence-electron chi connectivity index (χ3n) is 3.93. The van der Waals surface area contributed by atoms with Gasteiger partial charge < -0.3 is 4.74 Å². The Bertz CT molecular complexity index is 925. The maximum atomic E-state index is 12.0. The second-order valence-corrected chi connectivity index (χ2v) is 8.30. The fourth-order valence-corrected chi connectivity index (χ4v) is 4.02. The summed E-state index contributed by atoms with van der Waals surface area (Å²) in [5.41, 5.74) is 5.45. The lowest BCUT2D eigenvalue weighted by molar-refractivity contribution is -0.118. The Kier molecular flexibility index (Phi) is 8.27. The van der Waals surface area contributed by atoms with E-state index in [1.165, 1.54) is 23.1 Å². The molecule has 0 radical (unpaired) electrons. The Morgan fingerprint density at radius 2 is 2.00 bits per heavy atom. The van der Waals surface area contributed by atoms with Crippen molar-refractivity contribution in [2.24, 2.45) is 5.10 Å². The SMILES string of the molecule is CCCCOc1ccc(/C=N/NC(=O)CSc2nc(-c3ccccc3)cs2)cc1. The summed E-state index contributed by atoms with van der Waals surface area (Å²) in [5, 5.41) is 6.02. The van der Waals surface area contributed by atoms with Gasteiger partial charge in [0.1, 0.15) is 5.75 Å². The van der Waals surface area contributed by atoms with Crippen LogP contribution in [0.1, 0.15) is 25.3 Å². The molecule has 0 unspecified atom stereocenters. The second-order valence-electron chi connectivity index (χ2n) is 6.22. The van der Waals surface area contributed by atoms with Crippen LogP contribution in [0.15, 0.2) is 69.4 Å². The van der Waals surface area contributed by atoms with Crippen LogP contribution in [0.3, 0.4) is 0 Å². The highest BCUT2D eigenvalue weighted by Gasteiger charge is 2.07. The number of rotatable bonds is 10. The zero-order chi connectivity index (χ0) is 20.3. The van der Waals surface area contributed by atoms with Crippen LogP contribution in [-0.4, -0.2) is 29.5 Å². The molecule has 29 heavy (non-hydrogen) atoms. The minimum atomic E-state index is -0.165. The number of nitrogens with one attached hydrogen (secondary N) is 1. The first-order chi connectivity index (χ1) is 14.2. The van der Waals surface area contributed by atoms with E-state index in [0.29, 0.717) is 0 Å². The number of ether oxygens (including phenoxy) is 1. The molecule has 150 valence electrons. The highest BCUT2D eigenvalue weighted by molar-refractivity contribution is 8.01. The minimum Gasteiger partial charge on any atom is -0.494 e. The molecular formula is C22H23N3O2S2. The lowest BCUT2D eigenvalue weighted by atomic mass is 10.2. The Labute approximate surface area is 179 Å². The summed E-state index contributed by atoms with van der Waals surface area (Å²) < 4.78 is 6.49. The molecule has 0 aliphatic heterocycles. The quantitative estimate of drug-likeness (QED) is 0.209. The minimum absolute atomic E-state index is 0.165. The molecule has 1 N–H and O–H groups in total. The molecule has 0 atom stereocenters. The van der Waals surface area contributed by atoms with Gasteiger partial charge in [0, 0.05) is 10.9 Å². The van der Waals surface area contributed by atoms with E-state index in [2.05, 4.69) is 22.4 Å². The summed E-state index contributed by atoms with van der Waals surface area (Å²) in [6.45, 7) is 2.86. The van der Waals surface area contributed by atoms with E-state index >= 15 is 0 Å². The zero-order valence-corrected chi connectivity index (χ0v) is 17.8. The number of hydrazone groups is 1. The zero-order valence-electron chi connectivity index (χ0n) is 16.2. The fraction of sp³-hybridized carbons (Fsp3) is 0.227. The van der Waals surface area contributed by atoms with Crippen molar-refractivity contribution in [1.29, 1.82) is 0 Å². The maximum Gasteiger partial charge on any atom is 0.250 e. The molecule has 1 amide bonds. The predicted octanol–water partition coefficient (Wildman–Crippen LogP) is 5.23. The smallest absolute Gasteiger partial charge is 0.250 e. The molecule has 0 fully saturated rings. The van der Waals surface area contributed by atoms with Crippen LogP contribution >= 0.6 is 23.1 Å². The molecule has 0 bridgehead atoms. The van der Waals surface area contributed by atoms with Crippen LogP contribution < -0.4 is 10.2 Å². The average molecular weight is 426 g/mol. The largest absolute Gasteiger partial charge is 0.494 e. The summed E-state index contributed by atoms with van der Waals surface area (Å²) in [6.07, 6.45) is 3.77. The Morgan fingerprint density at radius 1 is 1.21 bits per heavy atom. The van der Waals surface area contributed by atoms with Crippen LogP contribution in [0.25, 0.3) is 11.3 Å². The standard InChI is InChI=1S/C22H23N3O2S2/c1-2-3-13-27-19-11-9-17(10-12-19)14-23-25-21(26)16-29-22-24-20(15-28-22)18-7-5-4-6-8-18/h4-12,14-15H,2-3,13,16H2,1H3,(H,25,26)/b23-14+. The van der Waals surface area contributed by atoms with Crippen molar-refractivity contribution in [3.63, 3.8) is 0 Å². The Morgan fingerprint density at radius 3 is 2.76 bits per heavy atom. The number of carbonyl (C=O) groups excluding carboxylic acids is 1. The second kappa shape index (κ2) is 11.4. The van der Waals surface area contributed by atoms with E-state index < -0.39 is 0 Å². The van der Waals surface area contributed by atoms with E-state index in [4.69, 9.17) is 4.74 Å². The van der Waals surface area contributed by atoms with Gasteiger partial charge in [-0.2, -0.15) is 5.10 Å². The van der Waals surface area contributed by atoms with Crippen molar-refractivity contribution < 1.29 is 9.53 Å². The van der Waals surface area contributed by atoms with E-state index in [1.54, 1.807) is 6.21 Å². The van der Waals surface area contributed by atoms with Crippen molar-refractivity contribution in [2.45, 2.75) is 24.1 Å². The molecule has 0 saturated heterocycles. The van der Waals surface area contributed by atoms with Gasteiger partial charge in [0.25, 0.3) is 5.91 Å². The van der Waals surface area contributed by atoms with Crippen molar-refractivity contribution in [3.8, 4) is 17.0 Å². The molecular weight excluding hydrogens is 402 g/mol. The third-order valence-corrected chi connectivity index (χ3v) is 5.95. The number of nitrogens with zero attached hydrogens (tertiary/aromatic N) is 2. The number of thioether (sulfide) groups is 1. The molecule has 7 heteroatoms. The van der Waals surface area contributed by atoms with Crippen LogP contribution in [0.2, 0.25) is 0 Å². The van der Waals surface area contributed by atoms with E-state index in [9.17, 15) is 4.79 Å². The Hall–Kier alpha value is -2.64. The molecule has 1 heterocycles. The summed E-state index contributed by atoms with van der Waals surface area (Å²) in [7, 11) is 0. The van der Waals surface area contributed by atoms with E-state index in [-0.39, 0.29) is 11.7 Å². The van der Waals surface area contributed by atoms with Crippen LogP contribution in [0.4, 0.5) is 0 Å². The number of unbranched alkanes of at least 4 members (excludes halogenated alkanes) is 1. The lowest BCUT2D eigenvalue weighted by Gasteiger charge is -2.04. The van der Waals surface area contributed by atoms with Crippen molar-refractivity contribution in [3.05, 3.63) is 65.5 Å². The normalized spacial score (nSPS) is 10.9. The van der Waals surface area contributed by atoms with Crippen molar-refractivity contribution in [1.82, 2.24) is 10.4 Å². The summed E-state index contributed by atoms with van der Waals surface area (Å²) in [6, 6.07) is 17.6. The predicted molar refractivity (Wildman–Crippen MR) is 121 cm³/mol.